The number of hydrogen-bond acceptors (Lipinski definition) is 7. The fraction of sp³-hybridized carbons (Fsp3) is 0.435. The van der Waals surface area contributed by atoms with Gasteiger partial charge >= 0.3 is 0 Å². The number of carbonyl (C=O) groups excluding carboxylic acids is 1. The normalized spacial score (nSPS) is 15.9. The zero-order valence-electron chi connectivity index (χ0n) is 19.1. The first-order valence-electron chi connectivity index (χ1n) is 10.8. The van der Waals surface area contributed by atoms with E-state index in [2.05, 4.69) is 15.1 Å². The summed E-state index contributed by atoms with van der Waals surface area (Å²) in [4.78, 5) is 41.8. The van der Waals surface area contributed by atoms with E-state index in [1.165, 1.54) is 0 Å². The van der Waals surface area contributed by atoms with Crippen LogP contribution in [0.4, 0.5) is 5.95 Å². The summed E-state index contributed by atoms with van der Waals surface area (Å²) in [6.45, 7) is 6.28. The number of anilines is 1. The predicted molar refractivity (Wildman–Crippen MR) is 121 cm³/mol. The number of likely N-dealkylation sites (tertiary alicyclic amines) is 1. The first kappa shape index (κ1) is 21.7. The van der Waals surface area contributed by atoms with Gasteiger partial charge in [0.2, 0.25) is 5.95 Å². The topological polar surface area (TPSA) is 108 Å². The maximum atomic E-state index is 13.5. The van der Waals surface area contributed by atoms with Crippen molar-refractivity contribution in [2.45, 2.75) is 46.1 Å². The van der Waals surface area contributed by atoms with Crippen molar-refractivity contribution < 1.29 is 9.32 Å². The molecule has 0 unspecified atom stereocenters. The fourth-order valence-electron chi connectivity index (χ4n) is 4.18. The average molecular weight is 437 g/mol. The minimum Gasteiger partial charge on any atom is -0.356 e. The Balaban J connectivity index is 1.78. The molecule has 1 atom stereocenters. The molecule has 1 aliphatic heterocycles. The Kier molecular flexibility index (Phi) is 5.82. The van der Waals surface area contributed by atoms with Crippen molar-refractivity contribution >= 4 is 11.9 Å². The molecule has 9 heteroatoms. The van der Waals surface area contributed by atoms with E-state index in [-0.39, 0.29) is 23.1 Å². The number of aromatic amines is 1. The molecule has 32 heavy (non-hydrogen) atoms. The smallest absolute Gasteiger partial charge is 0.261 e. The zero-order valence-corrected chi connectivity index (χ0v) is 19.1. The molecular formula is C23H28N6O3. The second kappa shape index (κ2) is 8.57. The van der Waals surface area contributed by atoms with Crippen molar-refractivity contribution in [1.82, 2.24) is 25.0 Å². The third kappa shape index (κ3) is 3.90. The van der Waals surface area contributed by atoms with Crippen LogP contribution in [0.5, 0.6) is 0 Å². The van der Waals surface area contributed by atoms with Crippen molar-refractivity contribution in [3.63, 3.8) is 0 Å². The summed E-state index contributed by atoms with van der Waals surface area (Å²) >= 11 is 0. The van der Waals surface area contributed by atoms with Gasteiger partial charge in [0.25, 0.3) is 11.5 Å². The summed E-state index contributed by atoms with van der Waals surface area (Å²) in [6.07, 6.45) is 3.97. The van der Waals surface area contributed by atoms with Crippen LogP contribution in [0.2, 0.25) is 0 Å². The lowest BCUT2D eigenvalue weighted by atomic mass is 10.0. The highest BCUT2D eigenvalue weighted by atomic mass is 16.5. The number of H-pyrrole nitrogens is 1. The van der Waals surface area contributed by atoms with E-state index in [1.807, 2.05) is 45.8 Å². The second-order valence-electron chi connectivity index (χ2n) is 8.38. The third-order valence-corrected chi connectivity index (χ3v) is 5.86. The summed E-state index contributed by atoms with van der Waals surface area (Å²) in [5, 5.41) is 3.99. The van der Waals surface area contributed by atoms with Gasteiger partial charge in [0.05, 0.1) is 23.0 Å². The second-order valence-corrected chi connectivity index (χ2v) is 8.38. The molecule has 0 aliphatic carbocycles. The molecule has 1 N–H and O–H groups in total. The largest absolute Gasteiger partial charge is 0.356 e. The number of hydrogen-bond donors (Lipinski definition) is 1. The first-order chi connectivity index (χ1) is 15.3. The van der Waals surface area contributed by atoms with Crippen molar-refractivity contribution in [2.24, 2.45) is 0 Å². The maximum absolute atomic E-state index is 13.5. The number of amides is 1. The van der Waals surface area contributed by atoms with Gasteiger partial charge in [0.15, 0.2) is 5.76 Å². The van der Waals surface area contributed by atoms with E-state index < -0.39 is 0 Å². The van der Waals surface area contributed by atoms with Crippen LogP contribution in [0.3, 0.4) is 0 Å². The van der Waals surface area contributed by atoms with Crippen LogP contribution in [0.1, 0.15) is 58.8 Å². The Labute approximate surface area is 186 Å². The fourth-order valence-corrected chi connectivity index (χ4v) is 4.18. The standard InChI is InChI=1S/C23H28N6O3/c1-6-17-13(2)10-15(21(30)25-17)22(31)29-9-7-8-18(29)20-16(19-11-14(3)27-32-19)12-24-23(26-20)28(4)5/h10-12,18H,6-9H2,1-5H3,(H,25,30)/t18-/m1/s1. The number of rotatable bonds is 5. The number of pyridine rings is 1. The molecule has 1 aliphatic rings. The highest BCUT2D eigenvalue weighted by Crippen LogP contribution is 2.38. The molecule has 1 amide bonds. The summed E-state index contributed by atoms with van der Waals surface area (Å²) in [7, 11) is 3.74. The van der Waals surface area contributed by atoms with Crippen LogP contribution in [0.15, 0.2) is 27.6 Å². The molecule has 3 aromatic heterocycles. The highest BCUT2D eigenvalue weighted by Gasteiger charge is 2.35. The SMILES string of the molecule is CCc1[nH]c(=O)c(C(=O)N2CCC[C@@H]2c2nc(N(C)C)ncc2-c2cc(C)no2)cc1C. The Morgan fingerprint density at radius 2 is 2.09 bits per heavy atom. The van der Waals surface area contributed by atoms with E-state index in [0.717, 1.165) is 29.8 Å². The number of aryl methyl sites for hydroxylation is 3. The minimum absolute atomic E-state index is 0.158. The lowest BCUT2D eigenvalue weighted by Crippen LogP contribution is -2.35. The van der Waals surface area contributed by atoms with Crippen molar-refractivity contribution in [2.75, 3.05) is 25.5 Å². The van der Waals surface area contributed by atoms with Crippen LogP contribution >= 0.6 is 0 Å². The van der Waals surface area contributed by atoms with Gasteiger partial charge in [-0.05, 0) is 44.7 Å². The summed E-state index contributed by atoms with van der Waals surface area (Å²) < 4.78 is 5.49. The first-order valence-corrected chi connectivity index (χ1v) is 10.8. The molecule has 0 aromatic carbocycles. The molecule has 1 fully saturated rings. The average Bonchev–Trinajstić information content (AvgIpc) is 3.43. The molecule has 9 nitrogen and oxygen atoms in total. The third-order valence-electron chi connectivity index (χ3n) is 5.86. The highest BCUT2D eigenvalue weighted by molar-refractivity contribution is 5.94. The van der Waals surface area contributed by atoms with E-state index in [4.69, 9.17) is 9.51 Å². The van der Waals surface area contributed by atoms with Crippen LogP contribution < -0.4 is 10.5 Å². The van der Waals surface area contributed by atoms with Crippen LogP contribution in [0, 0.1) is 13.8 Å². The van der Waals surface area contributed by atoms with Crippen LogP contribution in [0.25, 0.3) is 11.3 Å². The van der Waals surface area contributed by atoms with Gasteiger partial charge in [-0.25, -0.2) is 9.97 Å². The van der Waals surface area contributed by atoms with Gasteiger partial charge in [-0.15, -0.1) is 0 Å². The van der Waals surface area contributed by atoms with Gasteiger partial charge in [-0.3, -0.25) is 9.59 Å². The molecule has 0 radical (unpaired) electrons. The van der Waals surface area contributed by atoms with E-state index in [1.54, 1.807) is 17.2 Å². The summed E-state index contributed by atoms with van der Waals surface area (Å²) in [6, 6.07) is 3.23. The van der Waals surface area contributed by atoms with Crippen LogP contribution in [-0.4, -0.2) is 51.6 Å². The van der Waals surface area contributed by atoms with E-state index in [0.29, 0.717) is 35.9 Å². The summed E-state index contributed by atoms with van der Waals surface area (Å²) in [5.41, 5.74) is 3.70. The number of nitrogens with one attached hydrogen (secondary N) is 1. The monoisotopic (exact) mass is 436 g/mol. The summed E-state index contributed by atoms with van der Waals surface area (Å²) in [5.74, 6) is 0.813. The molecule has 1 saturated heterocycles. The van der Waals surface area contributed by atoms with Gasteiger partial charge in [0.1, 0.15) is 5.56 Å². The van der Waals surface area contributed by atoms with Crippen molar-refractivity contribution in [3.05, 3.63) is 56.9 Å². The van der Waals surface area contributed by atoms with Gasteiger partial charge in [0, 0.05) is 38.6 Å². The number of aromatic nitrogens is 4. The van der Waals surface area contributed by atoms with Crippen molar-refractivity contribution in [1.29, 1.82) is 0 Å². The lowest BCUT2D eigenvalue weighted by molar-refractivity contribution is 0.0731. The van der Waals surface area contributed by atoms with Crippen molar-refractivity contribution in [3.8, 4) is 11.3 Å². The molecule has 0 spiro atoms. The molecule has 0 saturated carbocycles. The Bertz CT molecular complexity index is 1210. The molecule has 0 bridgehead atoms. The molecule has 4 rings (SSSR count). The van der Waals surface area contributed by atoms with Gasteiger partial charge in [-0.2, -0.15) is 0 Å². The van der Waals surface area contributed by atoms with Gasteiger partial charge < -0.3 is 19.3 Å². The Hall–Kier alpha value is -3.49. The van der Waals surface area contributed by atoms with Gasteiger partial charge in [-0.1, -0.05) is 12.1 Å². The predicted octanol–water partition coefficient (Wildman–Crippen LogP) is 3.04. The molecule has 3 aromatic rings. The number of carbonyl (C=O) groups is 1. The van der Waals surface area contributed by atoms with E-state index in [9.17, 15) is 9.59 Å². The molecule has 4 heterocycles. The Morgan fingerprint density at radius 3 is 2.75 bits per heavy atom. The van der Waals surface area contributed by atoms with Crippen LogP contribution in [-0.2, 0) is 6.42 Å². The quantitative estimate of drug-likeness (QED) is 0.655. The Morgan fingerprint density at radius 1 is 1.31 bits per heavy atom. The zero-order chi connectivity index (χ0) is 23.0. The lowest BCUT2D eigenvalue weighted by Gasteiger charge is -2.26. The maximum Gasteiger partial charge on any atom is 0.261 e. The molecular weight excluding hydrogens is 408 g/mol. The number of nitrogens with zero attached hydrogens (tertiary/aromatic N) is 5. The molecule has 168 valence electrons. The minimum atomic E-state index is -0.356. The van der Waals surface area contributed by atoms with E-state index >= 15 is 0 Å².